The number of likely N-dealkylation sites (tertiary alicyclic amines) is 1. The number of ether oxygens (including phenoxy) is 1. The summed E-state index contributed by atoms with van der Waals surface area (Å²) < 4.78 is 5.52. The first-order valence-electron chi connectivity index (χ1n) is 7.44. The van der Waals surface area contributed by atoms with E-state index in [1.165, 1.54) is 0 Å². The molecular formula is C14H26N2O3. The third kappa shape index (κ3) is 3.60. The van der Waals surface area contributed by atoms with Crippen LogP contribution in [0, 0.1) is 0 Å². The molecule has 0 saturated carbocycles. The Kier molecular flexibility index (Phi) is 5.05. The predicted molar refractivity (Wildman–Crippen MR) is 73.0 cm³/mol. The number of carbonyl (C=O) groups is 1. The van der Waals surface area contributed by atoms with Crippen molar-refractivity contribution in [2.45, 2.75) is 57.1 Å². The van der Waals surface area contributed by atoms with Crippen LogP contribution in [0.15, 0.2) is 0 Å². The fourth-order valence-corrected chi connectivity index (χ4v) is 3.19. The Morgan fingerprint density at radius 1 is 1.53 bits per heavy atom. The van der Waals surface area contributed by atoms with Crippen molar-refractivity contribution < 1.29 is 14.6 Å². The van der Waals surface area contributed by atoms with Crippen LogP contribution in [-0.4, -0.2) is 54.0 Å². The summed E-state index contributed by atoms with van der Waals surface area (Å²) in [7, 11) is 0. The van der Waals surface area contributed by atoms with Crippen molar-refractivity contribution in [3.63, 3.8) is 0 Å². The molecule has 0 aromatic heterocycles. The molecule has 2 heterocycles. The van der Waals surface area contributed by atoms with Gasteiger partial charge < -0.3 is 20.1 Å². The molecule has 2 N–H and O–H groups in total. The second-order valence-corrected chi connectivity index (χ2v) is 5.90. The third-order valence-electron chi connectivity index (χ3n) is 4.37. The lowest BCUT2D eigenvalue weighted by molar-refractivity contribution is 0.103. The van der Waals surface area contributed by atoms with Crippen LogP contribution in [-0.2, 0) is 4.74 Å². The van der Waals surface area contributed by atoms with Gasteiger partial charge in [-0.1, -0.05) is 0 Å². The van der Waals surface area contributed by atoms with Crippen LogP contribution in [0.5, 0.6) is 0 Å². The highest BCUT2D eigenvalue weighted by atomic mass is 16.5. The SMILES string of the molecule is C[C@]1(CCCO)CCCN1C(=O)NC[C@H]1CCCO1. The molecule has 5 heteroatoms. The fraction of sp³-hybridized carbons (Fsp3) is 0.929. The molecule has 2 aliphatic heterocycles. The van der Waals surface area contributed by atoms with Crippen LogP contribution in [0.25, 0.3) is 0 Å². The van der Waals surface area contributed by atoms with Gasteiger partial charge in [-0.05, 0) is 45.4 Å². The predicted octanol–water partition coefficient (Wildman–Crippen LogP) is 1.50. The maximum absolute atomic E-state index is 12.3. The molecule has 2 atom stereocenters. The van der Waals surface area contributed by atoms with Gasteiger partial charge in [-0.15, -0.1) is 0 Å². The maximum atomic E-state index is 12.3. The molecule has 0 aromatic rings. The van der Waals surface area contributed by atoms with Crippen molar-refractivity contribution in [1.82, 2.24) is 10.2 Å². The lowest BCUT2D eigenvalue weighted by atomic mass is 9.93. The monoisotopic (exact) mass is 270 g/mol. The van der Waals surface area contributed by atoms with Gasteiger partial charge in [0.25, 0.3) is 0 Å². The van der Waals surface area contributed by atoms with E-state index in [1.54, 1.807) is 0 Å². The number of rotatable bonds is 5. The van der Waals surface area contributed by atoms with Crippen LogP contribution in [0.1, 0.15) is 45.4 Å². The summed E-state index contributed by atoms with van der Waals surface area (Å²) >= 11 is 0. The van der Waals surface area contributed by atoms with Gasteiger partial charge in [-0.2, -0.15) is 0 Å². The molecule has 0 aliphatic carbocycles. The Bertz CT molecular complexity index is 305. The molecule has 0 radical (unpaired) electrons. The zero-order valence-electron chi connectivity index (χ0n) is 11.9. The van der Waals surface area contributed by atoms with Gasteiger partial charge in [0.05, 0.1) is 6.10 Å². The number of carbonyl (C=O) groups excluding carboxylic acids is 1. The van der Waals surface area contributed by atoms with Gasteiger partial charge in [0.1, 0.15) is 0 Å². The van der Waals surface area contributed by atoms with E-state index in [9.17, 15) is 4.79 Å². The minimum atomic E-state index is -0.0939. The smallest absolute Gasteiger partial charge is 0.317 e. The van der Waals surface area contributed by atoms with Crippen LogP contribution in [0.4, 0.5) is 4.79 Å². The highest BCUT2D eigenvalue weighted by molar-refractivity contribution is 5.75. The van der Waals surface area contributed by atoms with Crippen molar-refractivity contribution in [3.8, 4) is 0 Å². The Balaban J connectivity index is 1.82. The van der Waals surface area contributed by atoms with Crippen molar-refractivity contribution >= 4 is 6.03 Å². The summed E-state index contributed by atoms with van der Waals surface area (Å²) in [5.74, 6) is 0. The van der Waals surface area contributed by atoms with Crippen LogP contribution in [0.3, 0.4) is 0 Å². The molecule has 5 nitrogen and oxygen atoms in total. The number of nitrogens with zero attached hydrogens (tertiary/aromatic N) is 1. The Morgan fingerprint density at radius 3 is 3.05 bits per heavy atom. The largest absolute Gasteiger partial charge is 0.396 e. The van der Waals surface area contributed by atoms with Gasteiger partial charge in [-0.3, -0.25) is 0 Å². The molecule has 0 aromatic carbocycles. The van der Waals surface area contributed by atoms with E-state index in [0.717, 1.165) is 51.7 Å². The number of aliphatic hydroxyl groups is 1. The topological polar surface area (TPSA) is 61.8 Å². The molecule has 0 unspecified atom stereocenters. The van der Waals surface area contributed by atoms with Gasteiger partial charge in [0.15, 0.2) is 0 Å². The molecule has 2 saturated heterocycles. The summed E-state index contributed by atoms with van der Waals surface area (Å²) in [5.41, 5.74) is -0.0939. The second kappa shape index (κ2) is 6.57. The van der Waals surface area contributed by atoms with Gasteiger partial charge in [0, 0.05) is 31.8 Å². The number of urea groups is 1. The first-order valence-corrected chi connectivity index (χ1v) is 7.44. The van der Waals surface area contributed by atoms with Crippen molar-refractivity contribution in [1.29, 1.82) is 0 Å². The highest BCUT2D eigenvalue weighted by Gasteiger charge is 2.39. The minimum absolute atomic E-state index is 0.0217. The summed E-state index contributed by atoms with van der Waals surface area (Å²) in [6.45, 7) is 4.57. The van der Waals surface area contributed by atoms with E-state index in [0.29, 0.717) is 6.54 Å². The average Bonchev–Trinajstić information content (AvgIpc) is 3.03. The second-order valence-electron chi connectivity index (χ2n) is 5.90. The molecular weight excluding hydrogens is 244 g/mol. The van der Waals surface area contributed by atoms with E-state index in [2.05, 4.69) is 12.2 Å². The molecule has 19 heavy (non-hydrogen) atoms. The first-order chi connectivity index (χ1) is 9.15. The molecule has 2 amide bonds. The standard InChI is InChI=1S/C14H26N2O3/c1-14(7-4-9-17)6-3-8-16(14)13(18)15-11-12-5-2-10-19-12/h12,17H,2-11H2,1H3,(H,15,18)/t12-,14-/m1/s1. The summed E-state index contributed by atoms with van der Waals surface area (Å²) in [6.07, 6.45) is 6.04. The van der Waals surface area contributed by atoms with Crippen molar-refractivity contribution in [2.24, 2.45) is 0 Å². The van der Waals surface area contributed by atoms with Crippen molar-refractivity contribution in [3.05, 3.63) is 0 Å². The number of aliphatic hydroxyl groups excluding tert-OH is 1. The lowest BCUT2D eigenvalue weighted by Crippen LogP contribution is -2.51. The third-order valence-corrected chi connectivity index (χ3v) is 4.37. The van der Waals surface area contributed by atoms with Gasteiger partial charge in [0.2, 0.25) is 0 Å². The molecule has 0 bridgehead atoms. The fourth-order valence-electron chi connectivity index (χ4n) is 3.19. The van der Waals surface area contributed by atoms with Gasteiger partial charge in [-0.25, -0.2) is 4.79 Å². The normalized spacial score (nSPS) is 30.8. The number of hydrogen-bond donors (Lipinski definition) is 2. The Labute approximate surface area is 115 Å². The Hall–Kier alpha value is -0.810. The number of nitrogens with one attached hydrogen (secondary N) is 1. The highest BCUT2D eigenvalue weighted by Crippen LogP contribution is 2.33. The lowest BCUT2D eigenvalue weighted by Gasteiger charge is -2.35. The Morgan fingerprint density at radius 2 is 2.37 bits per heavy atom. The molecule has 2 rings (SSSR count). The maximum Gasteiger partial charge on any atom is 0.317 e. The van der Waals surface area contributed by atoms with E-state index >= 15 is 0 Å². The summed E-state index contributed by atoms with van der Waals surface area (Å²) in [4.78, 5) is 14.2. The molecule has 2 fully saturated rings. The van der Waals surface area contributed by atoms with Crippen molar-refractivity contribution in [2.75, 3.05) is 26.3 Å². The van der Waals surface area contributed by atoms with E-state index in [4.69, 9.17) is 9.84 Å². The van der Waals surface area contributed by atoms with Crippen LogP contribution in [0.2, 0.25) is 0 Å². The van der Waals surface area contributed by atoms with E-state index in [1.807, 2.05) is 4.90 Å². The quantitative estimate of drug-likeness (QED) is 0.796. The zero-order valence-corrected chi connectivity index (χ0v) is 11.9. The minimum Gasteiger partial charge on any atom is -0.396 e. The molecule has 0 spiro atoms. The van der Waals surface area contributed by atoms with Crippen LogP contribution >= 0.6 is 0 Å². The number of hydrogen-bond acceptors (Lipinski definition) is 3. The van der Waals surface area contributed by atoms with E-state index < -0.39 is 0 Å². The number of amides is 2. The zero-order chi connectivity index (χ0) is 13.7. The van der Waals surface area contributed by atoms with E-state index in [-0.39, 0.29) is 24.3 Å². The molecule has 110 valence electrons. The summed E-state index contributed by atoms with van der Waals surface area (Å²) in [6, 6.07) is 0.0217. The molecule has 2 aliphatic rings. The van der Waals surface area contributed by atoms with Gasteiger partial charge >= 0.3 is 6.03 Å². The first kappa shape index (κ1) is 14.6. The summed E-state index contributed by atoms with van der Waals surface area (Å²) in [5, 5.41) is 12.0. The average molecular weight is 270 g/mol. The van der Waals surface area contributed by atoms with Crippen LogP contribution < -0.4 is 5.32 Å².